The number of nitrogens with one attached hydrogen (secondary N) is 1. The van der Waals surface area contributed by atoms with Gasteiger partial charge in [0, 0.05) is 12.1 Å². The first kappa shape index (κ1) is 18.0. The quantitative estimate of drug-likeness (QED) is 0.841. The minimum absolute atomic E-state index is 0.0396. The average molecular weight is 348 g/mol. The van der Waals surface area contributed by atoms with Crippen molar-refractivity contribution in [3.05, 3.63) is 59.7 Å². The monoisotopic (exact) mass is 348 g/mol. The lowest BCUT2D eigenvalue weighted by molar-refractivity contribution is -0.117. The first-order valence-corrected chi connectivity index (χ1v) is 9.16. The van der Waals surface area contributed by atoms with Gasteiger partial charge in [-0.15, -0.1) is 0 Å². The van der Waals surface area contributed by atoms with Crippen LogP contribution in [0, 0.1) is 24.2 Å². The van der Waals surface area contributed by atoms with E-state index in [4.69, 9.17) is 10.00 Å². The molecule has 2 aromatic rings. The predicted octanol–water partition coefficient (Wildman–Crippen LogP) is 4.83. The first-order valence-electron chi connectivity index (χ1n) is 9.16. The van der Waals surface area contributed by atoms with E-state index in [9.17, 15) is 4.79 Å². The number of ether oxygens (including phenoxy) is 1. The molecule has 1 saturated carbocycles. The predicted molar refractivity (Wildman–Crippen MR) is 102 cm³/mol. The number of hydrogen-bond donors (Lipinski definition) is 1. The molecule has 1 fully saturated rings. The van der Waals surface area contributed by atoms with Crippen molar-refractivity contribution in [2.45, 2.75) is 45.1 Å². The fourth-order valence-electron chi connectivity index (χ4n) is 3.44. The number of nitrogens with zero attached hydrogens (tertiary/aromatic N) is 1. The van der Waals surface area contributed by atoms with Crippen LogP contribution in [0.5, 0.6) is 5.75 Å². The Kier molecular flexibility index (Phi) is 5.91. The molecule has 0 aliphatic heterocycles. The Morgan fingerprint density at radius 1 is 1.15 bits per heavy atom. The highest BCUT2D eigenvalue weighted by Gasteiger charge is 2.24. The second-order valence-corrected chi connectivity index (χ2v) is 7.02. The van der Waals surface area contributed by atoms with Crippen LogP contribution in [-0.2, 0) is 4.79 Å². The maximum Gasteiger partial charge on any atom is 0.224 e. The van der Waals surface area contributed by atoms with Crippen LogP contribution < -0.4 is 10.1 Å². The van der Waals surface area contributed by atoms with Gasteiger partial charge in [-0.05, 0) is 80.5 Å². The molecular weight excluding hydrogens is 324 g/mol. The summed E-state index contributed by atoms with van der Waals surface area (Å²) in [5, 5.41) is 11.7. The third-order valence-electron chi connectivity index (χ3n) is 4.86. The van der Waals surface area contributed by atoms with Gasteiger partial charge >= 0.3 is 0 Å². The van der Waals surface area contributed by atoms with Crippen LogP contribution in [0.4, 0.5) is 5.69 Å². The Balaban J connectivity index is 1.43. The highest BCUT2D eigenvalue weighted by atomic mass is 16.5. The van der Waals surface area contributed by atoms with Crippen LogP contribution >= 0.6 is 0 Å². The van der Waals surface area contributed by atoms with Crippen LogP contribution in [0.25, 0.3) is 0 Å². The third kappa shape index (κ3) is 5.10. The Labute approximate surface area is 154 Å². The van der Waals surface area contributed by atoms with E-state index in [-0.39, 0.29) is 12.0 Å². The van der Waals surface area contributed by atoms with E-state index in [1.165, 1.54) is 5.56 Å². The zero-order valence-electron chi connectivity index (χ0n) is 15.1. The average Bonchev–Trinajstić information content (AvgIpc) is 2.64. The number of carbonyl (C=O) groups is 1. The van der Waals surface area contributed by atoms with Gasteiger partial charge in [0.25, 0.3) is 0 Å². The molecule has 4 heteroatoms. The summed E-state index contributed by atoms with van der Waals surface area (Å²) < 4.78 is 6.08. The lowest BCUT2D eigenvalue weighted by Gasteiger charge is -2.28. The van der Waals surface area contributed by atoms with Gasteiger partial charge in [-0.25, -0.2) is 0 Å². The molecule has 1 N–H and O–H groups in total. The van der Waals surface area contributed by atoms with Gasteiger partial charge < -0.3 is 10.1 Å². The number of nitriles is 1. The van der Waals surface area contributed by atoms with E-state index in [2.05, 4.69) is 30.4 Å². The molecular formula is C22H24N2O2. The van der Waals surface area contributed by atoms with Gasteiger partial charge in [0.05, 0.1) is 17.7 Å². The first-order chi connectivity index (χ1) is 12.6. The normalized spacial score (nSPS) is 19.4. The zero-order valence-corrected chi connectivity index (χ0v) is 15.1. The van der Waals surface area contributed by atoms with Crippen molar-refractivity contribution in [3.63, 3.8) is 0 Å². The Morgan fingerprint density at radius 2 is 1.88 bits per heavy atom. The minimum Gasteiger partial charge on any atom is -0.490 e. The van der Waals surface area contributed by atoms with Crippen molar-refractivity contribution in [1.82, 2.24) is 0 Å². The van der Waals surface area contributed by atoms with Crippen LogP contribution in [0.2, 0.25) is 0 Å². The van der Waals surface area contributed by atoms with E-state index in [1.807, 2.05) is 12.1 Å². The van der Waals surface area contributed by atoms with Gasteiger partial charge in [-0.1, -0.05) is 12.1 Å². The van der Waals surface area contributed by atoms with Crippen molar-refractivity contribution in [3.8, 4) is 11.8 Å². The molecule has 4 nitrogen and oxygen atoms in total. The molecule has 0 atom stereocenters. The summed E-state index contributed by atoms with van der Waals surface area (Å²) in [4.78, 5) is 12.2. The molecule has 0 unspecified atom stereocenters. The van der Waals surface area contributed by atoms with E-state index >= 15 is 0 Å². The lowest BCUT2D eigenvalue weighted by atomic mass is 9.85. The van der Waals surface area contributed by atoms with Gasteiger partial charge in [0.15, 0.2) is 0 Å². The third-order valence-corrected chi connectivity index (χ3v) is 4.86. The number of aryl methyl sites for hydroxylation is 1. The van der Waals surface area contributed by atoms with Gasteiger partial charge in [0.2, 0.25) is 5.91 Å². The molecule has 1 aliphatic rings. The van der Waals surface area contributed by atoms with Crippen molar-refractivity contribution in [2.24, 2.45) is 5.92 Å². The molecule has 0 saturated heterocycles. The molecule has 2 aromatic carbocycles. The van der Waals surface area contributed by atoms with Crippen LogP contribution in [0.3, 0.4) is 0 Å². The fourth-order valence-corrected chi connectivity index (χ4v) is 3.44. The van der Waals surface area contributed by atoms with E-state index in [0.29, 0.717) is 17.9 Å². The molecule has 3 rings (SSSR count). The smallest absolute Gasteiger partial charge is 0.224 e. The topological polar surface area (TPSA) is 62.1 Å². The van der Waals surface area contributed by atoms with Crippen molar-refractivity contribution in [1.29, 1.82) is 5.26 Å². The van der Waals surface area contributed by atoms with E-state index in [0.717, 1.165) is 37.1 Å². The summed E-state index contributed by atoms with van der Waals surface area (Å²) in [6.45, 7) is 2.07. The standard InChI is InChI=1S/C22H24N2O2/c1-16-3-2-4-21(13-16)26-20-11-7-17(8-12-20)14-22(25)24-19-9-5-18(15-23)6-10-19/h2-6,9-10,13,17,20H,7-8,11-12,14H2,1H3,(H,24,25)/t17-,20-. The Hall–Kier alpha value is -2.80. The number of anilines is 1. The van der Waals surface area contributed by atoms with Gasteiger partial charge in [0.1, 0.15) is 5.75 Å². The largest absolute Gasteiger partial charge is 0.490 e. The highest BCUT2D eigenvalue weighted by molar-refractivity contribution is 5.90. The molecule has 1 amide bonds. The Bertz CT molecular complexity index is 785. The Morgan fingerprint density at radius 3 is 2.54 bits per heavy atom. The number of hydrogen-bond acceptors (Lipinski definition) is 3. The molecule has 26 heavy (non-hydrogen) atoms. The number of amides is 1. The lowest BCUT2D eigenvalue weighted by Crippen LogP contribution is -2.26. The number of rotatable bonds is 5. The van der Waals surface area contributed by atoms with E-state index < -0.39 is 0 Å². The maximum absolute atomic E-state index is 12.2. The highest BCUT2D eigenvalue weighted by Crippen LogP contribution is 2.30. The van der Waals surface area contributed by atoms with Crippen LogP contribution in [0.1, 0.15) is 43.2 Å². The van der Waals surface area contributed by atoms with Gasteiger partial charge in [-0.2, -0.15) is 5.26 Å². The molecule has 0 bridgehead atoms. The molecule has 134 valence electrons. The van der Waals surface area contributed by atoms with E-state index in [1.54, 1.807) is 24.3 Å². The summed E-state index contributed by atoms with van der Waals surface area (Å²) in [5.74, 6) is 1.38. The molecule has 0 spiro atoms. The summed E-state index contributed by atoms with van der Waals surface area (Å²) in [7, 11) is 0. The molecule has 0 radical (unpaired) electrons. The second-order valence-electron chi connectivity index (χ2n) is 7.02. The van der Waals surface area contributed by atoms with Crippen molar-refractivity contribution >= 4 is 11.6 Å². The maximum atomic E-state index is 12.2. The number of benzene rings is 2. The van der Waals surface area contributed by atoms with Crippen LogP contribution in [-0.4, -0.2) is 12.0 Å². The van der Waals surface area contributed by atoms with Crippen LogP contribution in [0.15, 0.2) is 48.5 Å². The van der Waals surface area contributed by atoms with Crippen molar-refractivity contribution < 1.29 is 9.53 Å². The fraction of sp³-hybridized carbons (Fsp3) is 0.364. The number of carbonyl (C=O) groups excluding carboxylic acids is 1. The molecule has 0 aromatic heterocycles. The molecule has 0 heterocycles. The summed E-state index contributed by atoms with van der Waals surface area (Å²) in [5.41, 5.74) is 2.54. The second kappa shape index (κ2) is 8.53. The summed E-state index contributed by atoms with van der Waals surface area (Å²) in [6.07, 6.45) is 4.78. The van der Waals surface area contributed by atoms with Gasteiger partial charge in [-0.3, -0.25) is 4.79 Å². The van der Waals surface area contributed by atoms with Crippen molar-refractivity contribution in [2.75, 3.05) is 5.32 Å². The summed E-state index contributed by atoms with van der Waals surface area (Å²) in [6, 6.07) is 17.2. The molecule has 1 aliphatic carbocycles. The summed E-state index contributed by atoms with van der Waals surface area (Å²) >= 11 is 0. The minimum atomic E-state index is 0.0396. The SMILES string of the molecule is Cc1cccc(O[C@H]2CC[C@H](CC(=O)Nc3ccc(C#N)cc3)CC2)c1. The zero-order chi connectivity index (χ0) is 18.4.